The Hall–Kier alpha value is -0.820. The molecule has 1 aliphatic rings. The highest BCUT2D eigenvalue weighted by Crippen LogP contribution is 2.28. The van der Waals surface area contributed by atoms with Crippen LogP contribution in [0.25, 0.3) is 0 Å². The molecule has 0 aliphatic carbocycles. The molecule has 0 bridgehead atoms. The fourth-order valence-electron chi connectivity index (χ4n) is 2.30. The van der Waals surface area contributed by atoms with Gasteiger partial charge in [0.05, 0.1) is 41.2 Å². The summed E-state index contributed by atoms with van der Waals surface area (Å²) in [7, 11) is 0. The van der Waals surface area contributed by atoms with Crippen molar-refractivity contribution in [1.82, 2.24) is 14.9 Å². The maximum absolute atomic E-state index is 5.64. The monoisotopic (exact) mass is 295 g/mol. The Morgan fingerprint density at radius 1 is 1.42 bits per heavy atom. The average Bonchev–Trinajstić information content (AvgIpc) is 3.00. The smallest absolute Gasteiger partial charge is 0.0898 e. The lowest BCUT2D eigenvalue weighted by atomic mass is 10.1. The summed E-state index contributed by atoms with van der Waals surface area (Å²) in [5.41, 5.74) is 4.21. The van der Waals surface area contributed by atoms with Gasteiger partial charge in [-0.25, -0.2) is 9.97 Å². The molecule has 0 N–H and O–H groups in total. The number of aryl methyl sites for hydroxylation is 2. The SMILES string of the molecule is Cc1nc([C@@H]2COCCN2Cc2scnc2C)cs1. The minimum absolute atomic E-state index is 0.278. The standard InChI is InChI=1S/C13H17N3OS2/c1-9-13(19-8-14-9)5-16-3-4-17-6-12(16)11-7-18-10(2)15-11/h7-8,12H,3-6H2,1-2H3/t12-/m0/s1. The van der Waals surface area contributed by atoms with Crippen LogP contribution in [0.4, 0.5) is 0 Å². The van der Waals surface area contributed by atoms with Crippen LogP contribution in [-0.2, 0) is 11.3 Å². The van der Waals surface area contributed by atoms with Gasteiger partial charge in [-0.3, -0.25) is 4.90 Å². The van der Waals surface area contributed by atoms with E-state index >= 15 is 0 Å². The quantitative estimate of drug-likeness (QED) is 0.873. The van der Waals surface area contributed by atoms with Crippen molar-refractivity contribution in [3.63, 3.8) is 0 Å². The molecule has 0 radical (unpaired) electrons. The van der Waals surface area contributed by atoms with Crippen LogP contribution in [0, 0.1) is 13.8 Å². The van der Waals surface area contributed by atoms with Crippen LogP contribution in [0.15, 0.2) is 10.9 Å². The first-order valence-electron chi connectivity index (χ1n) is 6.37. The molecule has 3 rings (SSSR count). The number of aromatic nitrogens is 2. The van der Waals surface area contributed by atoms with Gasteiger partial charge in [0, 0.05) is 23.3 Å². The van der Waals surface area contributed by atoms with Crippen LogP contribution in [0.3, 0.4) is 0 Å². The first-order chi connectivity index (χ1) is 9.24. The zero-order valence-corrected chi connectivity index (χ0v) is 12.8. The van der Waals surface area contributed by atoms with Gasteiger partial charge >= 0.3 is 0 Å². The minimum atomic E-state index is 0.278. The van der Waals surface area contributed by atoms with E-state index in [1.165, 1.54) is 4.88 Å². The van der Waals surface area contributed by atoms with Crippen LogP contribution in [0.1, 0.15) is 27.3 Å². The molecule has 0 aromatic carbocycles. The number of nitrogens with zero attached hydrogens (tertiary/aromatic N) is 3. The lowest BCUT2D eigenvalue weighted by Crippen LogP contribution is -2.39. The van der Waals surface area contributed by atoms with Crippen molar-refractivity contribution in [2.24, 2.45) is 0 Å². The van der Waals surface area contributed by atoms with E-state index < -0.39 is 0 Å². The number of ether oxygens (including phenoxy) is 1. The van der Waals surface area contributed by atoms with Gasteiger partial charge < -0.3 is 4.74 Å². The molecular weight excluding hydrogens is 278 g/mol. The molecule has 1 aliphatic heterocycles. The van der Waals surface area contributed by atoms with Gasteiger partial charge in [0.2, 0.25) is 0 Å². The van der Waals surface area contributed by atoms with Crippen LogP contribution >= 0.6 is 22.7 Å². The molecule has 0 spiro atoms. The highest BCUT2D eigenvalue weighted by Gasteiger charge is 2.27. The zero-order chi connectivity index (χ0) is 13.2. The molecule has 1 atom stereocenters. The summed E-state index contributed by atoms with van der Waals surface area (Å²) in [6.45, 7) is 7.57. The first kappa shape index (κ1) is 13.2. The van der Waals surface area contributed by atoms with E-state index in [4.69, 9.17) is 4.74 Å². The summed E-state index contributed by atoms with van der Waals surface area (Å²) in [6.07, 6.45) is 0. The lowest BCUT2D eigenvalue weighted by molar-refractivity contribution is -0.0137. The molecule has 4 nitrogen and oxygen atoms in total. The highest BCUT2D eigenvalue weighted by molar-refractivity contribution is 7.09. The number of morpholine rings is 1. The highest BCUT2D eigenvalue weighted by atomic mass is 32.1. The molecule has 0 amide bonds. The molecule has 1 saturated heterocycles. The van der Waals surface area contributed by atoms with Crippen molar-refractivity contribution >= 4 is 22.7 Å². The van der Waals surface area contributed by atoms with E-state index in [-0.39, 0.29) is 6.04 Å². The van der Waals surface area contributed by atoms with E-state index in [0.29, 0.717) is 0 Å². The van der Waals surface area contributed by atoms with Crippen LogP contribution in [-0.4, -0.2) is 34.6 Å². The maximum atomic E-state index is 5.64. The Balaban J connectivity index is 1.79. The number of hydrogen-bond acceptors (Lipinski definition) is 6. The molecule has 3 heterocycles. The number of hydrogen-bond donors (Lipinski definition) is 0. The van der Waals surface area contributed by atoms with Gasteiger partial charge in [0.25, 0.3) is 0 Å². The van der Waals surface area contributed by atoms with Gasteiger partial charge in [-0.1, -0.05) is 0 Å². The van der Waals surface area contributed by atoms with E-state index in [9.17, 15) is 0 Å². The number of rotatable bonds is 3. The summed E-state index contributed by atoms with van der Waals surface area (Å²) >= 11 is 3.44. The molecule has 2 aromatic heterocycles. The predicted octanol–water partition coefficient (Wildman–Crippen LogP) is 2.79. The van der Waals surface area contributed by atoms with Crippen molar-refractivity contribution < 1.29 is 4.74 Å². The Labute approximate surface area is 121 Å². The summed E-state index contributed by atoms with van der Waals surface area (Å²) in [5.74, 6) is 0. The van der Waals surface area contributed by atoms with Gasteiger partial charge in [0.1, 0.15) is 0 Å². The fraction of sp³-hybridized carbons (Fsp3) is 0.538. The topological polar surface area (TPSA) is 38.2 Å². The summed E-state index contributed by atoms with van der Waals surface area (Å²) in [6, 6.07) is 0.278. The number of thiazole rings is 2. The van der Waals surface area contributed by atoms with E-state index in [1.807, 2.05) is 5.51 Å². The molecule has 0 unspecified atom stereocenters. The second-order valence-electron chi connectivity index (χ2n) is 4.71. The van der Waals surface area contributed by atoms with Crippen molar-refractivity contribution in [3.8, 4) is 0 Å². The van der Waals surface area contributed by atoms with E-state index in [2.05, 4.69) is 34.1 Å². The Morgan fingerprint density at radius 3 is 3.00 bits per heavy atom. The fourth-order valence-corrected chi connectivity index (χ4v) is 3.76. The molecule has 6 heteroatoms. The van der Waals surface area contributed by atoms with Crippen LogP contribution in [0.2, 0.25) is 0 Å². The molecular formula is C13H17N3OS2. The van der Waals surface area contributed by atoms with E-state index in [1.54, 1.807) is 22.7 Å². The molecule has 0 saturated carbocycles. The zero-order valence-electron chi connectivity index (χ0n) is 11.1. The molecule has 1 fully saturated rings. The van der Waals surface area contributed by atoms with Gasteiger partial charge in [-0.2, -0.15) is 0 Å². The van der Waals surface area contributed by atoms with Crippen LogP contribution < -0.4 is 0 Å². The van der Waals surface area contributed by atoms with Crippen LogP contribution in [0.5, 0.6) is 0 Å². The minimum Gasteiger partial charge on any atom is -0.378 e. The lowest BCUT2D eigenvalue weighted by Gasteiger charge is -2.34. The first-order valence-corrected chi connectivity index (χ1v) is 8.13. The van der Waals surface area contributed by atoms with Crippen molar-refractivity contribution in [1.29, 1.82) is 0 Å². The summed E-state index contributed by atoms with van der Waals surface area (Å²) < 4.78 is 5.64. The summed E-state index contributed by atoms with van der Waals surface area (Å²) in [5, 5.41) is 3.27. The van der Waals surface area contributed by atoms with E-state index in [0.717, 1.165) is 42.7 Å². The van der Waals surface area contributed by atoms with Gasteiger partial charge in [-0.15, -0.1) is 22.7 Å². The van der Waals surface area contributed by atoms with Crippen molar-refractivity contribution in [3.05, 3.63) is 32.2 Å². The molecule has 102 valence electrons. The largest absolute Gasteiger partial charge is 0.378 e. The second kappa shape index (κ2) is 5.66. The van der Waals surface area contributed by atoms with Crippen molar-refractivity contribution in [2.75, 3.05) is 19.8 Å². The normalized spacial score (nSPS) is 20.8. The third kappa shape index (κ3) is 2.86. The third-order valence-electron chi connectivity index (χ3n) is 3.41. The summed E-state index contributed by atoms with van der Waals surface area (Å²) in [4.78, 5) is 12.8. The maximum Gasteiger partial charge on any atom is 0.0898 e. The molecule has 19 heavy (non-hydrogen) atoms. The molecule has 2 aromatic rings. The average molecular weight is 295 g/mol. The van der Waals surface area contributed by atoms with Gasteiger partial charge in [0.15, 0.2) is 0 Å². The Bertz CT molecular complexity index is 552. The third-order valence-corrected chi connectivity index (χ3v) is 5.12. The second-order valence-corrected chi connectivity index (χ2v) is 6.72. The van der Waals surface area contributed by atoms with Crippen molar-refractivity contribution in [2.45, 2.75) is 26.4 Å². The van der Waals surface area contributed by atoms with Gasteiger partial charge in [-0.05, 0) is 13.8 Å². The predicted molar refractivity (Wildman–Crippen MR) is 77.7 cm³/mol. The Morgan fingerprint density at radius 2 is 2.32 bits per heavy atom. The Kier molecular flexibility index (Phi) is 3.93.